The van der Waals surface area contributed by atoms with E-state index < -0.39 is 5.97 Å². The molecule has 1 heterocycles. The number of ether oxygens (including phenoxy) is 1. The van der Waals surface area contributed by atoms with Gasteiger partial charge in [-0.25, -0.2) is 9.48 Å². The van der Waals surface area contributed by atoms with Gasteiger partial charge in [0.15, 0.2) is 6.61 Å². The van der Waals surface area contributed by atoms with Crippen LogP contribution >= 0.6 is 0 Å². The third-order valence-electron chi connectivity index (χ3n) is 2.79. The smallest absolute Gasteiger partial charge is 0.342 e. The normalized spacial score (nSPS) is 10.2. The molecule has 0 aliphatic rings. The number of carbonyl (C=O) groups excluding carboxylic acids is 1. The zero-order chi connectivity index (χ0) is 15.4. The number of carbonyl (C=O) groups is 2. The maximum absolute atomic E-state index is 11.6. The summed E-state index contributed by atoms with van der Waals surface area (Å²) in [7, 11) is 3.19. The number of hydrogen-bond donors (Lipinski definition) is 1. The summed E-state index contributed by atoms with van der Waals surface area (Å²) in [5.41, 5.74) is 0.558. The number of amides is 1. The highest BCUT2D eigenvalue weighted by Gasteiger charge is 2.20. The van der Waals surface area contributed by atoms with Gasteiger partial charge in [-0.3, -0.25) is 4.79 Å². The van der Waals surface area contributed by atoms with Gasteiger partial charge in [-0.2, -0.15) is 5.10 Å². The molecule has 21 heavy (non-hydrogen) atoms. The van der Waals surface area contributed by atoms with Crippen molar-refractivity contribution in [3.05, 3.63) is 42.1 Å². The number of carboxylic acids is 1. The number of para-hydroxylation sites is 1. The first-order valence-corrected chi connectivity index (χ1v) is 6.20. The molecular weight excluding hydrogens is 274 g/mol. The number of nitrogens with zero attached hydrogens (tertiary/aromatic N) is 3. The molecule has 0 unspecified atom stereocenters. The Hall–Kier alpha value is -2.83. The molecule has 7 heteroatoms. The topological polar surface area (TPSA) is 84.7 Å². The molecule has 110 valence electrons. The second kappa shape index (κ2) is 6.08. The number of rotatable bonds is 5. The van der Waals surface area contributed by atoms with Gasteiger partial charge in [0.25, 0.3) is 5.91 Å². The highest BCUT2D eigenvalue weighted by Crippen LogP contribution is 2.22. The van der Waals surface area contributed by atoms with E-state index >= 15 is 0 Å². The number of aromatic nitrogens is 2. The first-order valence-electron chi connectivity index (χ1n) is 6.20. The van der Waals surface area contributed by atoms with Gasteiger partial charge in [-0.15, -0.1) is 0 Å². The van der Waals surface area contributed by atoms with Crippen molar-refractivity contribution in [2.45, 2.75) is 0 Å². The van der Waals surface area contributed by atoms with E-state index in [9.17, 15) is 14.7 Å². The summed E-state index contributed by atoms with van der Waals surface area (Å²) < 4.78 is 6.73. The van der Waals surface area contributed by atoms with E-state index in [-0.39, 0.29) is 24.0 Å². The highest BCUT2D eigenvalue weighted by atomic mass is 16.5. The number of carboxylic acid groups (broad SMARTS) is 1. The van der Waals surface area contributed by atoms with Crippen LogP contribution in [0.2, 0.25) is 0 Å². The maximum atomic E-state index is 11.6. The first-order chi connectivity index (χ1) is 10.0. The maximum Gasteiger partial charge on any atom is 0.342 e. The van der Waals surface area contributed by atoms with Crippen LogP contribution in [-0.4, -0.2) is 52.4 Å². The second-order valence-electron chi connectivity index (χ2n) is 4.49. The number of likely N-dealkylation sites (N-methyl/N-ethyl adjacent to an activating group) is 1. The lowest BCUT2D eigenvalue weighted by atomic mass is 10.3. The van der Waals surface area contributed by atoms with E-state index in [1.807, 2.05) is 6.07 Å². The molecule has 2 rings (SSSR count). The van der Waals surface area contributed by atoms with Crippen LogP contribution in [-0.2, 0) is 4.79 Å². The Morgan fingerprint density at radius 1 is 1.29 bits per heavy atom. The average molecular weight is 289 g/mol. The SMILES string of the molecule is CN(C)C(=O)COc1c(C(=O)O)cnn1-c1ccccc1. The molecule has 1 aromatic heterocycles. The van der Waals surface area contributed by atoms with Gasteiger partial charge in [0, 0.05) is 14.1 Å². The first kappa shape index (κ1) is 14.6. The predicted octanol–water partition coefficient (Wildman–Crippen LogP) is 1.04. The van der Waals surface area contributed by atoms with Gasteiger partial charge >= 0.3 is 5.97 Å². The molecule has 0 saturated carbocycles. The molecule has 0 radical (unpaired) electrons. The quantitative estimate of drug-likeness (QED) is 0.889. The number of hydrogen-bond acceptors (Lipinski definition) is 4. The average Bonchev–Trinajstić information content (AvgIpc) is 2.89. The van der Waals surface area contributed by atoms with Crippen molar-refractivity contribution < 1.29 is 19.4 Å². The minimum Gasteiger partial charge on any atom is -0.477 e. The zero-order valence-corrected chi connectivity index (χ0v) is 11.7. The van der Waals surface area contributed by atoms with Gasteiger partial charge in [-0.05, 0) is 12.1 Å². The van der Waals surface area contributed by atoms with Crippen molar-refractivity contribution in [3.8, 4) is 11.6 Å². The van der Waals surface area contributed by atoms with E-state index in [0.717, 1.165) is 0 Å². The van der Waals surface area contributed by atoms with Crippen molar-refractivity contribution in [1.82, 2.24) is 14.7 Å². The molecule has 1 amide bonds. The van der Waals surface area contributed by atoms with Gasteiger partial charge in [0.1, 0.15) is 5.56 Å². The Kier molecular flexibility index (Phi) is 4.22. The molecule has 2 aromatic rings. The van der Waals surface area contributed by atoms with Crippen LogP contribution in [0.4, 0.5) is 0 Å². The van der Waals surface area contributed by atoms with Crippen LogP contribution in [0.15, 0.2) is 36.5 Å². The summed E-state index contributed by atoms with van der Waals surface area (Å²) in [5, 5.41) is 13.2. The Morgan fingerprint density at radius 2 is 1.95 bits per heavy atom. The largest absolute Gasteiger partial charge is 0.477 e. The van der Waals surface area contributed by atoms with Crippen LogP contribution in [0.5, 0.6) is 5.88 Å². The lowest BCUT2D eigenvalue weighted by Gasteiger charge is -2.13. The Morgan fingerprint density at radius 3 is 2.52 bits per heavy atom. The molecule has 0 saturated heterocycles. The molecule has 0 bridgehead atoms. The van der Waals surface area contributed by atoms with Gasteiger partial charge in [0.2, 0.25) is 5.88 Å². The van der Waals surface area contributed by atoms with E-state index in [1.165, 1.54) is 15.8 Å². The lowest BCUT2D eigenvalue weighted by molar-refractivity contribution is -0.130. The van der Waals surface area contributed by atoms with Gasteiger partial charge in [-0.1, -0.05) is 18.2 Å². The van der Waals surface area contributed by atoms with Gasteiger partial charge < -0.3 is 14.7 Å². The zero-order valence-electron chi connectivity index (χ0n) is 11.7. The highest BCUT2D eigenvalue weighted by molar-refractivity contribution is 5.90. The third kappa shape index (κ3) is 3.19. The molecule has 0 atom stereocenters. The summed E-state index contributed by atoms with van der Waals surface area (Å²) in [6.07, 6.45) is 1.20. The molecular formula is C14H15N3O4. The van der Waals surface area contributed by atoms with Crippen molar-refractivity contribution in [2.75, 3.05) is 20.7 Å². The summed E-state index contributed by atoms with van der Waals surface area (Å²) in [5.74, 6) is -1.40. The van der Waals surface area contributed by atoms with Crippen LogP contribution in [0.1, 0.15) is 10.4 Å². The fraction of sp³-hybridized carbons (Fsp3) is 0.214. The summed E-state index contributed by atoms with van der Waals surface area (Å²) in [6, 6.07) is 8.96. The van der Waals surface area contributed by atoms with Crippen LogP contribution < -0.4 is 4.74 Å². The van der Waals surface area contributed by atoms with E-state index in [4.69, 9.17) is 4.74 Å². The van der Waals surface area contributed by atoms with Crippen molar-refractivity contribution in [3.63, 3.8) is 0 Å². The summed E-state index contributed by atoms with van der Waals surface area (Å²) in [4.78, 5) is 24.2. The van der Waals surface area contributed by atoms with Crippen LogP contribution in [0.25, 0.3) is 5.69 Å². The molecule has 0 fully saturated rings. The molecule has 1 N–H and O–H groups in total. The van der Waals surface area contributed by atoms with Crippen LogP contribution in [0.3, 0.4) is 0 Å². The fourth-order valence-electron chi connectivity index (χ4n) is 1.64. The molecule has 0 aliphatic carbocycles. The summed E-state index contributed by atoms with van der Waals surface area (Å²) in [6.45, 7) is -0.258. The van der Waals surface area contributed by atoms with Gasteiger partial charge in [0.05, 0.1) is 11.9 Å². The minimum atomic E-state index is -1.16. The second-order valence-corrected chi connectivity index (χ2v) is 4.49. The number of aromatic carboxylic acids is 1. The molecule has 0 aliphatic heterocycles. The Balaban J connectivity index is 2.34. The lowest BCUT2D eigenvalue weighted by Crippen LogP contribution is -2.28. The molecule has 1 aromatic carbocycles. The minimum absolute atomic E-state index is 0.0314. The van der Waals surface area contributed by atoms with Crippen molar-refractivity contribution in [2.24, 2.45) is 0 Å². The molecule has 7 nitrogen and oxygen atoms in total. The standard InChI is InChI=1S/C14H15N3O4/c1-16(2)12(18)9-21-13-11(14(19)20)8-15-17(13)10-6-4-3-5-7-10/h3-8H,9H2,1-2H3,(H,19,20). The van der Waals surface area contributed by atoms with Crippen LogP contribution in [0, 0.1) is 0 Å². The fourth-order valence-corrected chi connectivity index (χ4v) is 1.64. The van der Waals surface area contributed by atoms with E-state index in [1.54, 1.807) is 38.4 Å². The summed E-state index contributed by atoms with van der Waals surface area (Å²) >= 11 is 0. The monoisotopic (exact) mass is 289 g/mol. The van der Waals surface area contributed by atoms with E-state index in [0.29, 0.717) is 5.69 Å². The third-order valence-corrected chi connectivity index (χ3v) is 2.79. The Labute approximate surface area is 121 Å². The number of benzene rings is 1. The molecule has 0 spiro atoms. The Bertz CT molecular complexity index is 649. The van der Waals surface area contributed by atoms with Crippen molar-refractivity contribution in [1.29, 1.82) is 0 Å². The van der Waals surface area contributed by atoms with Crippen molar-refractivity contribution >= 4 is 11.9 Å². The predicted molar refractivity (Wildman–Crippen MR) is 74.7 cm³/mol. The van der Waals surface area contributed by atoms with E-state index in [2.05, 4.69) is 5.10 Å².